The van der Waals surface area contributed by atoms with Gasteiger partial charge in [0, 0.05) is 13.2 Å². The number of aryl methyl sites for hydroxylation is 1. The molecule has 0 saturated heterocycles. The van der Waals surface area contributed by atoms with E-state index in [0.29, 0.717) is 17.1 Å². The number of esters is 1. The Morgan fingerprint density at radius 3 is 2.67 bits per heavy atom. The average Bonchev–Trinajstić information content (AvgIpc) is 2.99. The average molecular weight is 327 g/mol. The fourth-order valence-corrected chi connectivity index (χ4v) is 2.59. The van der Waals surface area contributed by atoms with Crippen molar-refractivity contribution >= 4 is 29.2 Å². The highest BCUT2D eigenvalue weighted by atomic mass is 16.5. The van der Waals surface area contributed by atoms with Crippen LogP contribution in [0.4, 0.5) is 11.4 Å². The molecule has 0 bridgehead atoms. The Morgan fingerprint density at radius 2 is 1.96 bits per heavy atom. The predicted octanol–water partition coefficient (Wildman–Crippen LogP) is 1.56. The maximum absolute atomic E-state index is 12.7. The maximum Gasteiger partial charge on any atom is 0.355 e. The predicted molar refractivity (Wildman–Crippen MR) is 87.7 cm³/mol. The molecule has 2 amide bonds. The van der Waals surface area contributed by atoms with Crippen LogP contribution in [0.2, 0.25) is 0 Å². The van der Waals surface area contributed by atoms with Crippen molar-refractivity contribution in [3.8, 4) is 0 Å². The molecule has 1 N–H and O–H groups in total. The van der Waals surface area contributed by atoms with E-state index >= 15 is 0 Å². The minimum absolute atomic E-state index is 0.109. The summed E-state index contributed by atoms with van der Waals surface area (Å²) in [5.41, 5.74) is 1.50. The normalized spacial score (nSPS) is 14.6. The number of aromatic nitrogens is 1. The molecule has 1 atom stereocenters. The van der Waals surface area contributed by atoms with Crippen molar-refractivity contribution in [2.75, 3.05) is 16.8 Å². The van der Waals surface area contributed by atoms with Gasteiger partial charge in [0.25, 0.3) is 5.91 Å². The van der Waals surface area contributed by atoms with Crippen LogP contribution in [0, 0.1) is 0 Å². The smallest absolute Gasteiger partial charge is 0.355 e. The van der Waals surface area contributed by atoms with Gasteiger partial charge in [-0.15, -0.1) is 0 Å². The number of ether oxygens (including phenoxy) is 1. The fraction of sp³-hybridized carbons (Fsp3) is 0.235. The first kappa shape index (κ1) is 15.8. The summed E-state index contributed by atoms with van der Waals surface area (Å²) < 4.78 is 6.87. The minimum atomic E-state index is -1.01. The number of carbonyl (C=O) groups excluding carboxylic acids is 3. The number of hydrogen-bond donors (Lipinski definition) is 1. The third-order valence-corrected chi connectivity index (χ3v) is 3.82. The molecule has 1 aromatic carbocycles. The molecule has 0 aliphatic carbocycles. The van der Waals surface area contributed by atoms with Gasteiger partial charge in [0.15, 0.2) is 6.10 Å². The van der Waals surface area contributed by atoms with Gasteiger partial charge >= 0.3 is 5.97 Å². The van der Waals surface area contributed by atoms with Crippen molar-refractivity contribution in [1.82, 2.24) is 4.57 Å². The Balaban J connectivity index is 1.78. The Bertz CT molecular complexity index is 812. The van der Waals surface area contributed by atoms with E-state index < -0.39 is 18.0 Å². The van der Waals surface area contributed by atoms with Crippen LogP contribution in [0.1, 0.15) is 17.4 Å². The highest BCUT2D eigenvalue weighted by Gasteiger charge is 2.31. The van der Waals surface area contributed by atoms with Gasteiger partial charge < -0.3 is 14.6 Å². The second-order valence-corrected chi connectivity index (χ2v) is 5.54. The van der Waals surface area contributed by atoms with Gasteiger partial charge in [-0.25, -0.2) is 4.79 Å². The third-order valence-electron chi connectivity index (χ3n) is 3.82. The molecule has 3 rings (SSSR count). The van der Waals surface area contributed by atoms with Crippen molar-refractivity contribution in [2.24, 2.45) is 7.05 Å². The first-order valence-corrected chi connectivity index (χ1v) is 7.50. The monoisotopic (exact) mass is 327 g/mol. The summed E-state index contributed by atoms with van der Waals surface area (Å²) in [6, 6.07) is 10.3. The quantitative estimate of drug-likeness (QED) is 0.868. The molecule has 0 unspecified atom stereocenters. The number of nitrogens with zero attached hydrogens (tertiary/aromatic N) is 2. The van der Waals surface area contributed by atoms with Gasteiger partial charge in [0.2, 0.25) is 5.91 Å². The van der Waals surface area contributed by atoms with Crippen molar-refractivity contribution < 1.29 is 19.1 Å². The summed E-state index contributed by atoms with van der Waals surface area (Å²) in [7, 11) is 1.72. The Kier molecular flexibility index (Phi) is 4.07. The molecule has 7 nitrogen and oxygen atoms in total. The van der Waals surface area contributed by atoms with Gasteiger partial charge in [-0.3, -0.25) is 14.5 Å². The molecule has 24 heavy (non-hydrogen) atoms. The number of hydrogen-bond acceptors (Lipinski definition) is 4. The SMILES string of the molecule is C[C@H](OC(=O)c1cccn1C)C(=O)N1CC(=O)Nc2ccccc21. The number of amides is 2. The molecule has 2 aromatic rings. The van der Waals surface area contributed by atoms with Gasteiger partial charge in [0.05, 0.1) is 11.4 Å². The second kappa shape index (κ2) is 6.19. The fourth-order valence-electron chi connectivity index (χ4n) is 2.59. The van der Waals surface area contributed by atoms with E-state index in [-0.39, 0.29) is 12.5 Å². The molecular weight excluding hydrogens is 310 g/mol. The Hall–Kier alpha value is -3.09. The minimum Gasteiger partial charge on any atom is -0.448 e. The number of anilines is 2. The lowest BCUT2D eigenvalue weighted by Crippen LogP contribution is -2.47. The second-order valence-electron chi connectivity index (χ2n) is 5.54. The molecular formula is C17H17N3O4. The zero-order valence-corrected chi connectivity index (χ0v) is 13.4. The van der Waals surface area contributed by atoms with Crippen LogP contribution in [0.15, 0.2) is 42.6 Å². The van der Waals surface area contributed by atoms with Gasteiger partial charge in [-0.2, -0.15) is 0 Å². The van der Waals surface area contributed by atoms with E-state index in [2.05, 4.69) is 5.32 Å². The first-order valence-electron chi connectivity index (χ1n) is 7.50. The van der Waals surface area contributed by atoms with Crippen LogP contribution in [0.5, 0.6) is 0 Å². The third kappa shape index (κ3) is 2.88. The Labute approximate surface area is 138 Å². The molecule has 0 radical (unpaired) electrons. The van der Waals surface area contributed by atoms with Gasteiger partial charge in [-0.1, -0.05) is 12.1 Å². The van der Waals surface area contributed by atoms with Crippen LogP contribution in [0.3, 0.4) is 0 Å². The molecule has 0 spiro atoms. The lowest BCUT2D eigenvalue weighted by atomic mass is 10.1. The summed E-state index contributed by atoms with van der Waals surface area (Å²) in [5.74, 6) is -1.32. The summed E-state index contributed by atoms with van der Waals surface area (Å²) in [6.45, 7) is 1.39. The van der Waals surface area contributed by atoms with E-state index in [1.54, 1.807) is 54.2 Å². The number of rotatable bonds is 3. The first-order chi connectivity index (χ1) is 11.5. The molecule has 0 saturated carbocycles. The van der Waals surface area contributed by atoms with E-state index in [1.807, 2.05) is 0 Å². The molecule has 1 aromatic heterocycles. The zero-order chi connectivity index (χ0) is 17.3. The number of fused-ring (bicyclic) bond motifs is 1. The standard InChI is InChI=1S/C17H17N3O4/c1-11(24-17(23)14-8-5-9-19(14)2)16(22)20-10-15(21)18-12-6-3-4-7-13(12)20/h3-9,11H,10H2,1-2H3,(H,18,21)/t11-/m0/s1. The number of nitrogens with one attached hydrogen (secondary N) is 1. The maximum atomic E-state index is 12.7. The van der Waals surface area contributed by atoms with Crippen molar-refractivity contribution in [3.05, 3.63) is 48.3 Å². The molecule has 2 heterocycles. The highest BCUT2D eigenvalue weighted by molar-refractivity contribution is 6.11. The lowest BCUT2D eigenvalue weighted by molar-refractivity contribution is -0.128. The van der Waals surface area contributed by atoms with Crippen molar-refractivity contribution in [2.45, 2.75) is 13.0 Å². The topological polar surface area (TPSA) is 80.6 Å². The van der Waals surface area contributed by atoms with Crippen molar-refractivity contribution in [1.29, 1.82) is 0 Å². The summed E-state index contributed by atoms with van der Waals surface area (Å²) >= 11 is 0. The highest BCUT2D eigenvalue weighted by Crippen LogP contribution is 2.29. The Morgan fingerprint density at radius 1 is 1.21 bits per heavy atom. The number of benzene rings is 1. The van der Waals surface area contributed by atoms with Gasteiger partial charge in [0.1, 0.15) is 12.2 Å². The number of para-hydroxylation sites is 2. The van der Waals surface area contributed by atoms with Crippen LogP contribution < -0.4 is 10.2 Å². The molecule has 0 fully saturated rings. The molecule has 1 aliphatic rings. The zero-order valence-electron chi connectivity index (χ0n) is 13.4. The largest absolute Gasteiger partial charge is 0.448 e. The van der Waals surface area contributed by atoms with Gasteiger partial charge in [-0.05, 0) is 31.2 Å². The van der Waals surface area contributed by atoms with E-state index in [9.17, 15) is 14.4 Å². The molecule has 1 aliphatic heterocycles. The van der Waals surface area contributed by atoms with E-state index in [4.69, 9.17) is 4.74 Å². The lowest BCUT2D eigenvalue weighted by Gasteiger charge is -2.30. The molecule has 7 heteroatoms. The summed E-state index contributed by atoms with van der Waals surface area (Å²) in [4.78, 5) is 37.9. The molecule has 124 valence electrons. The summed E-state index contributed by atoms with van der Waals surface area (Å²) in [6.07, 6.45) is 0.709. The van der Waals surface area contributed by atoms with E-state index in [1.165, 1.54) is 11.8 Å². The van der Waals surface area contributed by atoms with Crippen LogP contribution >= 0.6 is 0 Å². The van der Waals surface area contributed by atoms with Crippen LogP contribution in [-0.2, 0) is 21.4 Å². The van der Waals surface area contributed by atoms with Crippen LogP contribution in [-0.4, -0.2) is 35.0 Å². The van der Waals surface area contributed by atoms with Crippen molar-refractivity contribution in [3.63, 3.8) is 0 Å². The number of carbonyl (C=O) groups is 3. The summed E-state index contributed by atoms with van der Waals surface area (Å²) in [5, 5.41) is 2.71. The van der Waals surface area contributed by atoms with Crippen LogP contribution in [0.25, 0.3) is 0 Å². The van der Waals surface area contributed by atoms with E-state index in [0.717, 1.165) is 0 Å².